The second-order valence-corrected chi connectivity index (χ2v) is 11.0. The van der Waals surface area contributed by atoms with E-state index in [0.29, 0.717) is 53.9 Å². The molecule has 34 heavy (non-hydrogen) atoms. The van der Waals surface area contributed by atoms with Crippen LogP contribution in [0.2, 0.25) is 0 Å². The molecule has 1 saturated heterocycles. The number of piperidine rings is 1. The molecule has 0 saturated carbocycles. The van der Waals surface area contributed by atoms with Crippen LogP contribution in [0.25, 0.3) is 0 Å². The molecule has 0 aliphatic carbocycles. The Balaban J connectivity index is 1.44. The average molecular weight is 481 g/mol. The molecule has 2 heterocycles. The second kappa shape index (κ2) is 10.1. The number of nitrogens with one attached hydrogen (secondary N) is 1. The number of amides is 1. The van der Waals surface area contributed by atoms with Gasteiger partial charge in [0.05, 0.1) is 17.9 Å². The Morgan fingerprint density at radius 1 is 1.00 bits per heavy atom. The van der Waals surface area contributed by atoms with E-state index in [9.17, 15) is 13.2 Å². The van der Waals surface area contributed by atoms with Crippen LogP contribution in [-0.2, 0) is 23.1 Å². The fourth-order valence-corrected chi connectivity index (χ4v) is 6.22. The topological polar surface area (TPSA) is 84.3 Å². The standard InChI is InChI=1S/C26H32N4O3S/c1-19-13-15-29(16-14-19)34(32,33)25-20(2)28-30(21(25)3)18-23-9-11-24(12-10-23)26(31)27-17-22-7-5-4-6-8-22/h4-12,19H,13-18H2,1-3H3,(H,27,31). The van der Waals surface area contributed by atoms with Gasteiger partial charge in [0.2, 0.25) is 10.0 Å². The summed E-state index contributed by atoms with van der Waals surface area (Å²) in [7, 11) is -3.57. The summed E-state index contributed by atoms with van der Waals surface area (Å²) in [5.41, 5.74) is 3.73. The van der Waals surface area contributed by atoms with Gasteiger partial charge in [0.25, 0.3) is 5.91 Å². The van der Waals surface area contributed by atoms with Gasteiger partial charge in [-0.3, -0.25) is 9.48 Å². The first-order valence-electron chi connectivity index (χ1n) is 11.7. The highest BCUT2D eigenvalue weighted by molar-refractivity contribution is 7.89. The molecule has 180 valence electrons. The minimum absolute atomic E-state index is 0.134. The molecule has 0 radical (unpaired) electrons. The van der Waals surface area contributed by atoms with Crippen molar-refractivity contribution in [3.8, 4) is 0 Å². The predicted molar refractivity (Wildman–Crippen MR) is 132 cm³/mol. The fraction of sp³-hybridized carbons (Fsp3) is 0.385. The summed E-state index contributed by atoms with van der Waals surface area (Å²) >= 11 is 0. The number of carbonyl (C=O) groups excluding carboxylic acids is 1. The lowest BCUT2D eigenvalue weighted by atomic mass is 10.0. The number of aromatic nitrogens is 2. The highest BCUT2D eigenvalue weighted by Crippen LogP contribution is 2.28. The molecule has 8 heteroatoms. The minimum Gasteiger partial charge on any atom is -0.348 e. The van der Waals surface area contributed by atoms with Crippen LogP contribution in [0.1, 0.15) is 52.6 Å². The van der Waals surface area contributed by atoms with Gasteiger partial charge < -0.3 is 5.32 Å². The summed E-state index contributed by atoms with van der Waals surface area (Å²) in [6.07, 6.45) is 1.77. The number of hydrogen-bond acceptors (Lipinski definition) is 4. The minimum atomic E-state index is -3.57. The average Bonchev–Trinajstić information content (AvgIpc) is 3.12. The molecule has 3 aromatic rings. The van der Waals surface area contributed by atoms with Gasteiger partial charge in [-0.1, -0.05) is 49.4 Å². The van der Waals surface area contributed by atoms with E-state index in [1.54, 1.807) is 28.0 Å². The van der Waals surface area contributed by atoms with Crippen molar-refractivity contribution in [2.24, 2.45) is 5.92 Å². The van der Waals surface area contributed by atoms with Crippen LogP contribution < -0.4 is 5.32 Å². The van der Waals surface area contributed by atoms with Crippen LogP contribution in [-0.4, -0.2) is 41.5 Å². The maximum atomic E-state index is 13.3. The summed E-state index contributed by atoms with van der Waals surface area (Å²) < 4.78 is 30.0. The number of aryl methyl sites for hydroxylation is 1. The Bertz CT molecular complexity index is 1240. The van der Waals surface area contributed by atoms with Crippen molar-refractivity contribution in [1.29, 1.82) is 0 Å². The smallest absolute Gasteiger partial charge is 0.251 e. The largest absolute Gasteiger partial charge is 0.348 e. The first kappa shape index (κ1) is 24.2. The van der Waals surface area contributed by atoms with Crippen LogP contribution in [0.3, 0.4) is 0 Å². The first-order valence-corrected chi connectivity index (χ1v) is 13.1. The summed E-state index contributed by atoms with van der Waals surface area (Å²) in [6.45, 7) is 7.75. The van der Waals surface area contributed by atoms with Crippen LogP contribution in [0.15, 0.2) is 59.5 Å². The molecule has 2 aromatic carbocycles. The van der Waals surface area contributed by atoms with E-state index in [1.807, 2.05) is 49.4 Å². The van der Waals surface area contributed by atoms with Crippen molar-refractivity contribution in [1.82, 2.24) is 19.4 Å². The fourth-order valence-electron chi connectivity index (χ4n) is 4.38. The molecule has 0 spiro atoms. The van der Waals surface area contributed by atoms with E-state index in [4.69, 9.17) is 0 Å². The first-order chi connectivity index (χ1) is 16.3. The highest BCUT2D eigenvalue weighted by Gasteiger charge is 2.32. The molecule has 1 N–H and O–H groups in total. The lowest BCUT2D eigenvalue weighted by Crippen LogP contribution is -2.38. The quantitative estimate of drug-likeness (QED) is 0.556. The molecular formula is C26H32N4O3S. The SMILES string of the molecule is Cc1nn(Cc2ccc(C(=O)NCc3ccccc3)cc2)c(C)c1S(=O)(=O)N1CCC(C)CC1. The number of benzene rings is 2. The monoisotopic (exact) mass is 480 g/mol. The Morgan fingerprint density at radius 2 is 1.65 bits per heavy atom. The third-order valence-electron chi connectivity index (χ3n) is 6.50. The van der Waals surface area contributed by atoms with E-state index >= 15 is 0 Å². The number of sulfonamides is 1. The van der Waals surface area contributed by atoms with E-state index < -0.39 is 10.0 Å². The van der Waals surface area contributed by atoms with Gasteiger partial charge in [-0.05, 0) is 55.9 Å². The molecule has 1 aliphatic heterocycles. The maximum absolute atomic E-state index is 13.3. The van der Waals surface area contributed by atoms with Gasteiger partial charge in [-0.2, -0.15) is 9.40 Å². The van der Waals surface area contributed by atoms with Crippen LogP contribution in [0, 0.1) is 19.8 Å². The maximum Gasteiger partial charge on any atom is 0.251 e. The van der Waals surface area contributed by atoms with Crippen molar-refractivity contribution >= 4 is 15.9 Å². The number of rotatable bonds is 7. The Hall–Kier alpha value is -2.97. The molecule has 7 nitrogen and oxygen atoms in total. The third kappa shape index (κ3) is 5.23. The van der Waals surface area contributed by atoms with Crippen LogP contribution in [0.4, 0.5) is 0 Å². The van der Waals surface area contributed by atoms with Crippen LogP contribution >= 0.6 is 0 Å². The Morgan fingerprint density at radius 3 is 2.29 bits per heavy atom. The second-order valence-electron chi connectivity index (χ2n) is 9.11. The normalized spacial score (nSPS) is 15.4. The molecule has 0 bridgehead atoms. The number of carbonyl (C=O) groups is 1. The van der Waals surface area contributed by atoms with Crippen molar-refractivity contribution < 1.29 is 13.2 Å². The molecule has 1 fully saturated rings. The third-order valence-corrected chi connectivity index (χ3v) is 8.65. The van der Waals surface area contributed by atoms with E-state index in [2.05, 4.69) is 17.3 Å². The molecule has 0 atom stereocenters. The summed E-state index contributed by atoms with van der Waals surface area (Å²) in [5.74, 6) is 0.422. The van der Waals surface area contributed by atoms with Gasteiger partial charge >= 0.3 is 0 Å². The van der Waals surface area contributed by atoms with Crippen molar-refractivity contribution in [3.05, 3.63) is 82.7 Å². The number of nitrogens with zero attached hydrogens (tertiary/aromatic N) is 3. The lowest BCUT2D eigenvalue weighted by Gasteiger charge is -2.29. The van der Waals surface area contributed by atoms with Gasteiger partial charge in [0.15, 0.2) is 0 Å². The van der Waals surface area contributed by atoms with Gasteiger partial charge in [0, 0.05) is 25.2 Å². The zero-order valence-electron chi connectivity index (χ0n) is 20.0. The zero-order valence-corrected chi connectivity index (χ0v) is 20.8. The van der Waals surface area contributed by atoms with Crippen LogP contribution in [0.5, 0.6) is 0 Å². The molecular weight excluding hydrogens is 448 g/mol. The number of hydrogen-bond donors (Lipinski definition) is 1. The summed E-state index contributed by atoms with van der Waals surface area (Å²) in [5, 5.41) is 7.46. The van der Waals surface area contributed by atoms with Gasteiger partial charge in [-0.25, -0.2) is 8.42 Å². The Kier molecular flexibility index (Phi) is 7.19. The molecule has 1 aromatic heterocycles. The van der Waals surface area contributed by atoms with Gasteiger partial charge in [-0.15, -0.1) is 0 Å². The highest BCUT2D eigenvalue weighted by atomic mass is 32.2. The predicted octanol–water partition coefficient (Wildman–Crippen LogP) is 3.90. The van der Waals surface area contributed by atoms with Crippen molar-refractivity contribution in [2.75, 3.05) is 13.1 Å². The molecule has 1 amide bonds. The van der Waals surface area contributed by atoms with Crippen molar-refractivity contribution in [2.45, 2.75) is 51.6 Å². The summed E-state index contributed by atoms with van der Waals surface area (Å²) in [6, 6.07) is 17.1. The van der Waals surface area contributed by atoms with Crippen molar-refractivity contribution in [3.63, 3.8) is 0 Å². The van der Waals surface area contributed by atoms with E-state index in [0.717, 1.165) is 24.0 Å². The van der Waals surface area contributed by atoms with Gasteiger partial charge in [0.1, 0.15) is 4.90 Å². The zero-order chi connectivity index (χ0) is 24.3. The lowest BCUT2D eigenvalue weighted by molar-refractivity contribution is 0.0951. The van der Waals surface area contributed by atoms with E-state index in [-0.39, 0.29) is 5.91 Å². The molecule has 0 unspecified atom stereocenters. The molecule has 1 aliphatic rings. The molecule has 4 rings (SSSR count). The van der Waals surface area contributed by atoms with E-state index in [1.165, 1.54) is 0 Å². The Labute approximate surface area is 201 Å². The summed E-state index contributed by atoms with van der Waals surface area (Å²) in [4.78, 5) is 12.8.